The first kappa shape index (κ1) is 18.8. The van der Waals surface area contributed by atoms with Crippen molar-refractivity contribution in [3.05, 3.63) is 24.3 Å². The summed E-state index contributed by atoms with van der Waals surface area (Å²) < 4.78 is 0. The van der Waals surface area contributed by atoms with Gasteiger partial charge in [0.15, 0.2) is 0 Å². The van der Waals surface area contributed by atoms with Crippen molar-refractivity contribution in [2.75, 3.05) is 17.2 Å². The fourth-order valence-electron chi connectivity index (χ4n) is 2.75. The number of hydrogen-bond acceptors (Lipinski definition) is 3. The summed E-state index contributed by atoms with van der Waals surface area (Å²) in [6.07, 6.45) is 0.235. The second kappa shape index (κ2) is 8.00. The average Bonchev–Trinajstić information content (AvgIpc) is 2.89. The number of likely N-dealkylation sites (tertiary alicyclic amines) is 1. The van der Waals surface area contributed by atoms with Gasteiger partial charge in [-0.25, -0.2) is 4.79 Å². The van der Waals surface area contributed by atoms with Gasteiger partial charge in [0.25, 0.3) is 0 Å². The summed E-state index contributed by atoms with van der Waals surface area (Å²) in [6, 6.07) is 6.77. The van der Waals surface area contributed by atoms with Crippen LogP contribution in [-0.2, 0) is 9.59 Å². The minimum Gasteiger partial charge on any atom is -0.339 e. The quantitative estimate of drug-likeness (QED) is 0.765. The van der Waals surface area contributed by atoms with Crippen molar-refractivity contribution < 1.29 is 14.4 Å². The summed E-state index contributed by atoms with van der Waals surface area (Å²) in [4.78, 5) is 37.8. The highest BCUT2D eigenvalue weighted by Crippen LogP contribution is 2.22. The van der Waals surface area contributed by atoms with Gasteiger partial charge in [0, 0.05) is 36.4 Å². The van der Waals surface area contributed by atoms with Crippen LogP contribution in [0.2, 0.25) is 0 Å². The van der Waals surface area contributed by atoms with Gasteiger partial charge in [0.1, 0.15) is 0 Å². The Kier molecular flexibility index (Phi) is 6.01. The lowest BCUT2D eigenvalue weighted by Crippen LogP contribution is -2.34. The van der Waals surface area contributed by atoms with Crippen LogP contribution < -0.4 is 16.0 Å². The third-order valence-electron chi connectivity index (χ3n) is 3.96. The van der Waals surface area contributed by atoms with Crippen molar-refractivity contribution in [2.24, 2.45) is 5.92 Å². The molecule has 0 aliphatic carbocycles. The number of urea groups is 1. The van der Waals surface area contributed by atoms with Crippen LogP contribution in [0, 0.1) is 5.92 Å². The van der Waals surface area contributed by atoms with Crippen molar-refractivity contribution in [2.45, 2.75) is 46.2 Å². The zero-order valence-electron chi connectivity index (χ0n) is 15.1. The maximum atomic E-state index is 12.4. The minimum absolute atomic E-state index is 0.0101. The van der Waals surface area contributed by atoms with Crippen LogP contribution in [-0.4, -0.2) is 41.4 Å². The molecule has 136 valence electrons. The van der Waals surface area contributed by atoms with Crippen molar-refractivity contribution >= 4 is 29.2 Å². The van der Waals surface area contributed by atoms with Crippen LogP contribution in [0.15, 0.2) is 24.3 Å². The maximum absolute atomic E-state index is 12.4. The molecule has 7 heteroatoms. The van der Waals surface area contributed by atoms with E-state index in [1.54, 1.807) is 29.2 Å². The Labute approximate surface area is 148 Å². The molecule has 1 atom stereocenters. The number of anilines is 2. The van der Waals surface area contributed by atoms with Gasteiger partial charge in [-0.1, -0.05) is 6.07 Å². The third-order valence-corrected chi connectivity index (χ3v) is 3.96. The highest BCUT2D eigenvalue weighted by atomic mass is 16.2. The fourth-order valence-corrected chi connectivity index (χ4v) is 2.75. The normalized spacial score (nSPS) is 17.1. The molecule has 1 aliphatic rings. The first-order valence-corrected chi connectivity index (χ1v) is 8.54. The molecule has 3 N–H and O–H groups in total. The van der Waals surface area contributed by atoms with Crippen LogP contribution >= 0.6 is 0 Å². The molecule has 1 heterocycles. The minimum atomic E-state index is -0.351. The van der Waals surface area contributed by atoms with Crippen LogP contribution in [0.25, 0.3) is 0 Å². The second-order valence-corrected chi connectivity index (χ2v) is 6.86. The van der Waals surface area contributed by atoms with E-state index in [1.807, 2.05) is 27.7 Å². The first-order valence-electron chi connectivity index (χ1n) is 8.54. The molecule has 1 aliphatic heterocycles. The molecule has 25 heavy (non-hydrogen) atoms. The van der Waals surface area contributed by atoms with Gasteiger partial charge in [0.05, 0.1) is 5.92 Å². The van der Waals surface area contributed by atoms with Crippen LogP contribution in [0.5, 0.6) is 0 Å². The van der Waals surface area contributed by atoms with Gasteiger partial charge in [-0.15, -0.1) is 0 Å². The van der Waals surface area contributed by atoms with Gasteiger partial charge >= 0.3 is 6.03 Å². The van der Waals surface area contributed by atoms with E-state index in [-0.39, 0.29) is 42.3 Å². The lowest BCUT2D eigenvalue weighted by Gasteiger charge is -2.20. The number of nitrogens with one attached hydrogen (secondary N) is 3. The van der Waals surface area contributed by atoms with Crippen molar-refractivity contribution in [3.63, 3.8) is 0 Å². The van der Waals surface area contributed by atoms with Crippen molar-refractivity contribution in [1.29, 1.82) is 0 Å². The van der Waals surface area contributed by atoms with E-state index in [4.69, 9.17) is 0 Å². The van der Waals surface area contributed by atoms with Gasteiger partial charge < -0.3 is 20.9 Å². The number of carbonyl (C=O) groups excluding carboxylic acids is 3. The summed E-state index contributed by atoms with van der Waals surface area (Å²) in [5.74, 6) is -0.521. The van der Waals surface area contributed by atoms with E-state index < -0.39 is 0 Å². The van der Waals surface area contributed by atoms with Crippen molar-refractivity contribution in [1.82, 2.24) is 10.2 Å². The number of rotatable bonds is 5. The number of benzene rings is 1. The van der Waals surface area contributed by atoms with Gasteiger partial charge in [-0.3, -0.25) is 9.59 Å². The SMILES string of the molecule is CC(C)NC(=O)Nc1cccc(NC(=O)[C@H]2CC(=O)N(C(C)C)C2)c1. The maximum Gasteiger partial charge on any atom is 0.319 e. The molecular formula is C18H26N4O3. The zero-order chi connectivity index (χ0) is 18.6. The summed E-state index contributed by atoms with van der Waals surface area (Å²) >= 11 is 0. The third kappa shape index (κ3) is 5.20. The van der Waals surface area contributed by atoms with E-state index in [2.05, 4.69) is 16.0 Å². The Morgan fingerprint density at radius 1 is 1.12 bits per heavy atom. The molecule has 0 radical (unpaired) electrons. The summed E-state index contributed by atoms with van der Waals surface area (Å²) in [7, 11) is 0. The topological polar surface area (TPSA) is 90.5 Å². The largest absolute Gasteiger partial charge is 0.339 e. The van der Waals surface area contributed by atoms with Crippen molar-refractivity contribution in [3.8, 4) is 0 Å². The smallest absolute Gasteiger partial charge is 0.319 e. The molecule has 4 amide bonds. The number of carbonyl (C=O) groups is 3. The Morgan fingerprint density at radius 2 is 1.76 bits per heavy atom. The standard InChI is InChI=1S/C18H26N4O3/c1-11(2)19-18(25)21-15-7-5-6-14(9-15)20-17(24)13-8-16(23)22(10-13)12(3)4/h5-7,9,11-13H,8,10H2,1-4H3,(H,20,24)(H2,19,21,25)/t13-/m0/s1. The molecule has 0 saturated carbocycles. The molecular weight excluding hydrogens is 320 g/mol. The summed E-state index contributed by atoms with van der Waals surface area (Å²) in [5.41, 5.74) is 1.17. The summed E-state index contributed by atoms with van der Waals surface area (Å²) in [5, 5.41) is 8.29. The predicted molar refractivity (Wildman–Crippen MR) is 97.3 cm³/mol. The predicted octanol–water partition coefficient (Wildman–Crippen LogP) is 2.41. The number of hydrogen-bond donors (Lipinski definition) is 3. The Hall–Kier alpha value is -2.57. The van der Waals surface area contributed by atoms with Gasteiger partial charge in [-0.05, 0) is 45.9 Å². The molecule has 7 nitrogen and oxygen atoms in total. The lowest BCUT2D eigenvalue weighted by atomic mass is 10.1. The Balaban J connectivity index is 1.96. The van der Waals surface area contributed by atoms with Gasteiger partial charge in [0.2, 0.25) is 11.8 Å². The molecule has 1 fully saturated rings. The van der Waals surface area contributed by atoms with E-state index in [0.29, 0.717) is 17.9 Å². The Bertz CT molecular complexity index is 657. The lowest BCUT2D eigenvalue weighted by molar-refractivity contribution is -0.129. The van der Waals surface area contributed by atoms with E-state index in [1.165, 1.54) is 0 Å². The monoisotopic (exact) mass is 346 g/mol. The molecule has 2 rings (SSSR count). The molecule has 0 unspecified atom stereocenters. The number of amides is 4. The molecule has 1 saturated heterocycles. The number of nitrogens with zero attached hydrogens (tertiary/aromatic N) is 1. The van der Waals surface area contributed by atoms with E-state index in [0.717, 1.165) is 0 Å². The van der Waals surface area contributed by atoms with Crippen LogP contribution in [0.4, 0.5) is 16.2 Å². The van der Waals surface area contributed by atoms with Crippen LogP contribution in [0.1, 0.15) is 34.1 Å². The zero-order valence-corrected chi connectivity index (χ0v) is 15.1. The molecule has 0 aromatic heterocycles. The first-order chi connectivity index (χ1) is 11.8. The fraction of sp³-hybridized carbons (Fsp3) is 0.500. The van der Waals surface area contributed by atoms with E-state index >= 15 is 0 Å². The second-order valence-electron chi connectivity index (χ2n) is 6.86. The van der Waals surface area contributed by atoms with E-state index in [9.17, 15) is 14.4 Å². The molecule has 0 bridgehead atoms. The average molecular weight is 346 g/mol. The summed E-state index contributed by atoms with van der Waals surface area (Å²) in [6.45, 7) is 8.07. The molecule has 1 aromatic carbocycles. The van der Waals surface area contributed by atoms with Gasteiger partial charge in [-0.2, -0.15) is 0 Å². The highest BCUT2D eigenvalue weighted by Gasteiger charge is 2.35. The highest BCUT2D eigenvalue weighted by molar-refractivity contribution is 5.98. The Morgan fingerprint density at radius 3 is 2.32 bits per heavy atom. The molecule has 0 spiro atoms. The molecule has 1 aromatic rings. The van der Waals surface area contributed by atoms with Crippen LogP contribution in [0.3, 0.4) is 0 Å².